The highest BCUT2D eigenvalue weighted by Gasteiger charge is 2.14. The van der Waals surface area contributed by atoms with Gasteiger partial charge >= 0.3 is 0 Å². The summed E-state index contributed by atoms with van der Waals surface area (Å²) in [4.78, 5) is 3.81. The Hall–Kier alpha value is -1.18. The molecule has 4 nitrogen and oxygen atoms in total. The second-order valence-corrected chi connectivity index (χ2v) is 4.60. The maximum Gasteiger partial charge on any atom is 0.141 e. The second-order valence-electron chi connectivity index (χ2n) is 3.43. The molecule has 6 heteroatoms. The fraction of sp³-hybridized carbons (Fsp3) is 0.200. The van der Waals surface area contributed by atoms with Crippen LogP contribution in [0.25, 0.3) is 0 Å². The summed E-state index contributed by atoms with van der Waals surface area (Å²) in [7, 11) is 0. The smallest absolute Gasteiger partial charge is 0.141 e. The molecule has 84 valence electrons. The van der Waals surface area contributed by atoms with Crippen molar-refractivity contribution in [3.63, 3.8) is 0 Å². The van der Waals surface area contributed by atoms with Gasteiger partial charge < -0.3 is 5.73 Å². The first kappa shape index (κ1) is 11.3. The van der Waals surface area contributed by atoms with E-state index >= 15 is 0 Å². The van der Waals surface area contributed by atoms with Crippen LogP contribution in [-0.4, -0.2) is 14.8 Å². The Morgan fingerprint density at radius 2 is 2.19 bits per heavy atom. The zero-order valence-corrected chi connectivity index (χ0v) is 10.7. The van der Waals surface area contributed by atoms with Crippen LogP contribution in [0.5, 0.6) is 0 Å². The molecule has 2 aromatic rings. The molecule has 2 aromatic heterocycles. The molecular formula is C10H10FIN4. The lowest BCUT2D eigenvalue weighted by Crippen LogP contribution is -2.12. The van der Waals surface area contributed by atoms with E-state index in [0.29, 0.717) is 5.82 Å². The SMILES string of the molecule is CC(c1cncc(F)c1)n1ncc(I)c1N. The van der Waals surface area contributed by atoms with Crippen LogP contribution in [0.15, 0.2) is 24.7 Å². The summed E-state index contributed by atoms with van der Waals surface area (Å²) >= 11 is 2.11. The third-order valence-corrected chi connectivity index (χ3v) is 3.19. The quantitative estimate of drug-likeness (QED) is 0.858. The van der Waals surface area contributed by atoms with Gasteiger partial charge in [-0.2, -0.15) is 5.10 Å². The predicted molar refractivity (Wildman–Crippen MR) is 67.4 cm³/mol. The zero-order valence-electron chi connectivity index (χ0n) is 8.56. The van der Waals surface area contributed by atoms with Gasteiger partial charge in [0.05, 0.1) is 22.0 Å². The van der Waals surface area contributed by atoms with Gasteiger partial charge in [0.1, 0.15) is 11.6 Å². The van der Waals surface area contributed by atoms with Crippen LogP contribution < -0.4 is 5.73 Å². The maximum atomic E-state index is 13.0. The van der Waals surface area contributed by atoms with Crippen molar-refractivity contribution in [3.8, 4) is 0 Å². The number of aromatic nitrogens is 3. The Kier molecular flexibility index (Phi) is 3.08. The molecule has 0 bridgehead atoms. The Labute approximate surface area is 106 Å². The maximum absolute atomic E-state index is 13.0. The van der Waals surface area contributed by atoms with Crippen LogP contribution in [-0.2, 0) is 0 Å². The number of nitrogens with zero attached hydrogens (tertiary/aromatic N) is 3. The van der Waals surface area contributed by atoms with Crippen LogP contribution in [0.3, 0.4) is 0 Å². The Bertz CT molecular complexity index is 511. The van der Waals surface area contributed by atoms with Gasteiger partial charge in [0.25, 0.3) is 0 Å². The number of pyridine rings is 1. The van der Waals surface area contributed by atoms with Gasteiger partial charge in [-0.3, -0.25) is 4.98 Å². The number of hydrogen-bond acceptors (Lipinski definition) is 3. The van der Waals surface area contributed by atoms with Crippen molar-refractivity contribution in [2.75, 3.05) is 5.73 Å². The standard InChI is InChI=1S/C10H10FIN4/c1-6(7-2-8(11)4-14-3-7)16-10(13)9(12)5-15-16/h2-6H,13H2,1H3. The molecule has 0 saturated carbocycles. The van der Waals surface area contributed by atoms with Gasteiger partial charge in [-0.15, -0.1) is 0 Å². The van der Waals surface area contributed by atoms with Crippen molar-refractivity contribution in [3.05, 3.63) is 39.6 Å². The Morgan fingerprint density at radius 3 is 2.75 bits per heavy atom. The Balaban J connectivity index is 2.39. The molecule has 0 radical (unpaired) electrons. The molecule has 0 amide bonds. The molecule has 0 fully saturated rings. The van der Waals surface area contributed by atoms with E-state index in [2.05, 4.69) is 32.7 Å². The summed E-state index contributed by atoms with van der Waals surface area (Å²) in [5.41, 5.74) is 6.60. The largest absolute Gasteiger partial charge is 0.383 e. The van der Waals surface area contributed by atoms with Gasteiger partial charge in [0, 0.05) is 6.20 Å². The first-order valence-corrected chi connectivity index (χ1v) is 5.76. The van der Waals surface area contributed by atoms with Crippen molar-refractivity contribution in [2.45, 2.75) is 13.0 Å². The van der Waals surface area contributed by atoms with Crippen LogP contribution in [0, 0.1) is 9.39 Å². The van der Waals surface area contributed by atoms with E-state index in [-0.39, 0.29) is 11.9 Å². The zero-order chi connectivity index (χ0) is 11.7. The van der Waals surface area contributed by atoms with Gasteiger partial charge in [-0.05, 0) is 41.1 Å². The van der Waals surface area contributed by atoms with E-state index in [1.54, 1.807) is 17.1 Å². The van der Waals surface area contributed by atoms with Crippen LogP contribution >= 0.6 is 22.6 Å². The van der Waals surface area contributed by atoms with E-state index in [1.165, 1.54) is 12.3 Å². The summed E-state index contributed by atoms with van der Waals surface area (Å²) in [5.74, 6) is 0.224. The topological polar surface area (TPSA) is 56.7 Å². The number of hydrogen-bond donors (Lipinski definition) is 1. The summed E-state index contributed by atoms with van der Waals surface area (Å²) < 4.78 is 15.6. The molecule has 2 N–H and O–H groups in total. The molecule has 0 aromatic carbocycles. The molecule has 2 rings (SSSR count). The molecular weight excluding hydrogens is 322 g/mol. The number of nitrogens with two attached hydrogens (primary N) is 1. The van der Waals surface area contributed by atoms with Gasteiger partial charge in [-0.25, -0.2) is 9.07 Å². The number of anilines is 1. The summed E-state index contributed by atoms with van der Waals surface area (Å²) in [6.07, 6.45) is 4.47. The minimum absolute atomic E-state index is 0.133. The van der Waals surface area contributed by atoms with Crippen molar-refractivity contribution < 1.29 is 4.39 Å². The molecule has 2 heterocycles. The van der Waals surface area contributed by atoms with Gasteiger partial charge in [0.2, 0.25) is 0 Å². The first-order chi connectivity index (χ1) is 7.59. The highest BCUT2D eigenvalue weighted by Crippen LogP contribution is 2.23. The lowest BCUT2D eigenvalue weighted by Gasteiger charge is -2.13. The van der Waals surface area contributed by atoms with Crippen LogP contribution in [0.2, 0.25) is 0 Å². The average Bonchev–Trinajstić information content (AvgIpc) is 2.59. The lowest BCUT2D eigenvalue weighted by molar-refractivity contribution is 0.559. The summed E-state index contributed by atoms with van der Waals surface area (Å²) in [6.45, 7) is 1.90. The number of rotatable bonds is 2. The highest BCUT2D eigenvalue weighted by molar-refractivity contribution is 14.1. The fourth-order valence-electron chi connectivity index (χ4n) is 1.46. The third kappa shape index (κ3) is 2.01. The normalized spacial score (nSPS) is 12.7. The highest BCUT2D eigenvalue weighted by atomic mass is 127. The third-order valence-electron chi connectivity index (χ3n) is 2.36. The molecule has 1 atom stereocenters. The minimum Gasteiger partial charge on any atom is -0.383 e. The fourth-order valence-corrected chi connectivity index (χ4v) is 1.83. The van der Waals surface area contributed by atoms with Crippen LogP contribution in [0.4, 0.5) is 10.2 Å². The molecule has 0 saturated heterocycles. The summed E-state index contributed by atoms with van der Waals surface area (Å²) in [5, 5.41) is 4.16. The minimum atomic E-state index is -0.357. The van der Waals surface area contributed by atoms with Crippen LogP contribution in [0.1, 0.15) is 18.5 Å². The average molecular weight is 332 g/mol. The van der Waals surface area contributed by atoms with Gasteiger partial charge in [-0.1, -0.05) is 0 Å². The monoisotopic (exact) mass is 332 g/mol. The first-order valence-electron chi connectivity index (χ1n) is 4.68. The van der Waals surface area contributed by atoms with E-state index in [4.69, 9.17) is 5.73 Å². The van der Waals surface area contributed by atoms with Crippen molar-refractivity contribution in [1.82, 2.24) is 14.8 Å². The van der Waals surface area contributed by atoms with Crippen molar-refractivity contribution >= 4 is 28.4 Å². The molecule has 16 heavy (non-hydrogen) atoms. The molecule has 1 unspecified atom stereocenters. The second kappa shape index (κ2) is 4.36. The molecule has 0 spiro atoms. The predicted octanol–water partition coefficient (Wildman–Crippen LogP) is 2.21. The molecule has 0 aliphatic heterocycles. The van der Waals surface area contributed by atoms with E-state index < -0.39 is 0 Å². The molecule has 0 aliphatic carbocycles. The van der Waals surface area contributed by atoms with E-state index in [1.807, 2.05) is 6.92 Å². The lowest BCUT2D eigenvalue weighted by atomic mass is 10.1. The number of nitrogen functional groups attached to an aromatic ring is 1. The molecule has 0 aliphatic rings. The Morgan fingerprint density at radius 1 is 1.44 bits per heavy atom. The van der Waals surface area contributed by atoms with E-state index in [0.717, 1.165) is 9.13 Å². The van der Waals surface area contributed by atoms with E-state index in [9.17, 15) is 4.39 Å². The number of halogens is 2. The van der Waals surface area contributed by atoms with Crippen molar-refractivity contribution in [2.24, 2.45) is 0 Å². The van der Waals surface area contributed by atoms with Crippen molar-refractivity contribution in [1.29, 1.82) is 0 Å². The summed E-state index contributed by atoms with van der Waals surface area (Å²) in [6, 6.07) is 1.30. The van der Waals surface area contributed by atoms with Gasteiger partial charge in [0.15, 0.2) is 0 Å².